The first-order chi connectivity index (χ1) is 10.7. The molecule has 0 spiro atoms. The van der Waals surface area contributed by atoms with E-state index in [4.69, 9.17) is 16.3 Å². The summed E-state index contributed by atoms with van der Waals surface area (Å²) in [4.78, 5) is 12.0. The monoisotopic (exact) mass is 358 g/mol. The van der Waals surface area contributed by atoms with E-state index in [1.807, 2.05) is 12.1 Å². The van der Waals surface area contributed by atoms with Crippen LogP contribution in [-0.2, 0) is 4.74 Å². The van der Waals surface area contributed by atoms with Crippen molar-refractivity contribution in [1.29, 1.82) is 0 Å². The number of carbonyl (C=O) groups excluding carboxylic acids is 1. The van der Waals surface area contributed by atoms with Crippen molar-refractivity contribution in [1.82, 2.24) is 20.8 Å². The van der Waals surface area contributed by atoms with E-state index < -0.39 is 0 Å². The summed E-state index contributed by atoms with van der Waals surface area (Å²) in [6.45, 7) is 2.64. The molecule has 0 bridgehead atoms. The highest BCUT2D eigenvalue weighted by atomic mass is 35.5. The van der Waals surface area contributed by atoms with Gasteiger partial charge < -0.3 is 15.4 Å². The molecule has 1 aromatic carbocycles. The summed E-state index contributed by atoms with van der Waals surface area (Å²) in [7, 11) is 1.65. The molecule has 126 valence electrons. The van der Waals surface area contributed by atoms with E-state index in [1.165, 1.54) is 0 Å². The second-order valence-corrected chi connectivity index (χ2v) is 5.11. The number of H-pyrrole nitrogens is 1. The third-order valence-corrected chi connectivity index (χ3v) is 3.28. The van der Waals surface area contributed by atoms with Gasteiger partial charge in [0.25, 0.3) is 5.91 Å². The van der Waals surface area contributed by atoms with Gasteiger partial charge in [-0.2, -0.15) is 5.10 Å². The minimum atomic E-state index is -0.179. The van der Waals surface area contributed by atoms with Crippen molar-refractivity contribution in [3.8, 4) is 11.3 Å². The number of carbonyl (C=O) groups is 1. The van der Waals surface area contributed by atoms with E-state index in [1.54, 1.807) is 25.3 Å². The number of hydrogen-bond donors (Lipinski definition) is 3. The first kappa shape index (κ1) is 19.4. The molecule has 0 atom stereocenters. The van der Waals surface area contributed by atoms with Crippen LogP contribution in [0.25, 0.3) is 11.3 Å². The number of nitrogens with zero attached hydrogens (tertiary/aromatic N) is 1. The molecule has 2 rings (SSSR count). The summed E-state index contributed by atoms with van der Waals surface area (Å²) in [5.74, 6) is -0.179. The zero-order chi connectivity index (χ0) is 15.8. The SMILES string of the molecule is COCCNCCNC(=O)c1cc(-c2ccc(Cl)cc2)n[nH]1.Cl. The highest BCUT2D eigenvalue weighted by Gasteiger charge is 2.10. The highest BCUT2D eigenvalue weighted by Crippen LogP contribution is 2.20. The van der Waals surface area contributed by atoms with Crippen molar-refractivity contribution in [3.05, 3.63) is 41.0 Å². The summed E-state index contributed by atoms with van der Waals surface area (Å²) in [5, 5.41) is 13.5. The molecule has 3 N–H and O–H groups in total. The van der Waals surface area contributed by atoms with Crippen LogP contribution in [-0.4, -0.2) is 49.5 Å². The van der Waals surface area contributed by atoms with Crippen LogP contribution in [0.5, 0.6) is 0 Å². The quantitative estimate of drug-likeness (QED) is 0.631. The summed E-state index contributed by atoms with van der Waals surface area (Å²) >= 11 is 5.85. The molecule has 0 radical (unpaired) electrons. The smallest absolute Gasteiger partial charge is 0.269 e. The van der Waals surface area contributed by atoms with Crippen LogP contribution in [0.3, 0.4) is 0 Å². The summed E-state index contributed by atoms with van der Waals surface area (Å²) < 4.78 is 4.92. The molecule has 2 aromatic rings. The molecular weight excluding hydrogens is 339 g/mol. The van der Waals surface area contributed by atoms with Crippen molar-refractivity contribution in [2.75, 3.05) is 33.4 Å². The lowest BCUT2D eigenvalue weighted by molar-refractivity contribution is 0.0948. The maximum absolute atomic E-state index is 12.0. The Bertz CT molecular complexity index is 602. The van der Waals surface area contributed by atoms with Gasteiger partial charge in [0.1, 0.15) is 5.69 Å². The lowest BCUT2D eigenvalue weighted by Crippen LogP contribution is -2.33. The van der Waals surface area contributed by atoms with Gasteiger partial charge in [0.15, 0.2) is 0 Å². The molecular formula is C15H20Cl2N4O2. The van der Waals surface area contributed by atoms with Gasteiger partial charge in [-0.05, 0) is 18.2 Å². The fourth-order valence-corrected chi connectivity index (χ4v) is 1.99. The minimum absolute atomic E-state index is 0. The van der Waals surface area contributed by atoms with Gasteiger partial charge in [-0.3, -0.25) is 9.89 Å². The fraction of sp³-hybridized carbons (Fsp3) is 0.333. The first-order valence-corrected chi connectivity index (χ1v) is 7.37. The fourth-order valence-electron chi connectivity index (χ4n) is 1.87. The normalized spacial score (nSPS) is 10.2. The van der Waals surface area contributed by atoms with Crippen molar-refractivity contribution in [2.45, 2.75) is 0 Å². The Morgan fingerprint density at radius 1 is 1.26 bits per heavy atom. The average Bonchev–Trinajstić information content (AvgIpc) is 3.01. The number of nitrogens with one attached hydrogen (secondary N) is 3. The van der Waals surface area contributed by atoms with Gasteiger partial charge in [-0.1, -0.05) is 23.7 Å². The number of ether oxygens (including phenoxy) is 1. The number of methoxy groups -OCH3 is 1. The Kier molecular flexibility index (Phi) is 8.65. The molecule has 1 amide bonds. The van der Waals surface area contributed by atoms with Gasteiger partial charge in [0.2, 0.25) is 0 Å². The Balaban J connectivity index is 0.00000264. The lowest BCUT2D eigenvalue weighted by atomic mass is 10.1. The second kappa shape index (κ2) is 10.2. The standard InChI is InChI=1S/C15H19ClN4O2.ClH/c1-22-9-8-17-6-7-18-15(21)14-10-13(19-20-14)11-2-4-12(16)5-3-11;/h2-5,10,17H,6-9H2,1H3,(H,18,21)(H,19,20);1H. The van der Waals surface area contributed by atoms with Gasteiger partial charge in [0, 0.05) is 37.3 Å². The van der Waals surface area contributed by atoms with Gasteiger partial charge in [0.05, 0.1) is 12.3 Å². The van der Waals surface area contributed by atoms with Gasteiger partial charge >= 0.3 is 0 Å². The maximum atomic E-state index is 12.0. The van der Waals surface area contributed by atoms with E-state index in [0.29, 0.717) is 36.1 Å². The van der Waals surface area contributed by atoms with Crippen LogP contribution in [0.1, 0.15) is 10.5 Å². The Hall–Kier alpha value is -1.60. The summed E-state index contributed by atoms with van der Waals surface area (Å²) in [6, 6.07) is 9.02. The number of halogens is 2. The maximum Gasteiger partial charge on any atom is 0.269 e. The number of amides is 1. The minimum Gasteiger partial charge on any atom is -0.383 e. The predicted molar refractivity (Wildman–Crippen MR) is 93.4 cm³/mol. The van der Waals surface area contributed by atoms with E-state index >= 15 is 0 Å². The zero-order valence-electron chi connectivity index (χ0n) is 12.8. The third kappa shape index (κ3) is 6.19. The second-order valence-electron chi connectivity index (χ2n) is 4.67. The van der Waals surface area contributed by atoms with Crippen LogP contribution in [0.15, 0.2) is 30.3 Å². The van der Waals surface area contributed by atoms with Crippen LogP contribution < -0.4 is 10.6 Å². The molecule has 1 aromatic heterocycles. The Morgan fingerprint density at radius 3 is 2.70 bits per heavy atom. The lowest BCUT2D eigenvalue weighted by Gasteiger charge is -2.05. The van der Waals surface area contributed by atoms with Gasteiger partial charge in [-0.25, -0.2) is 0 Å². The van der Waals surface area contributed by atoms with Crippen molar-refractivity contribution in [2.24, 2.45) is 0 Å². The van der Waals surface area contributed by atoms with Crippen LogP contribution >= 0.6 is 24.0 Å². The molecule has 0 saturated carbocycles. The van der Waals surface area contributed by atoms with E-state index in [-0.39, 0.29) is 18.3 Å². The molecule has 1 heterocycles. The van der Waals surface area contributed by atoms with Crippen LogP contribution in [0.2, 0.25) is 5.02 Å². The molecule has 23 heavy (non-hydrogen) atoms. The van der Waals surface area contributed by atoms with Crippen molar-refractivity contribution in [3.63, 3.8) is 0 Å². The molecule has 0 saturated heterocycles. The predicted octanol–water partition coefficient (Wildman–Crippen LogP) is 2.12. The number of hydrogen-bond acceptors (Lipinski definition) is 4. The van der Waals surface area contributed by atoms with Crippen LogP contribution in [0, 0.1) is 0 Å². The number of benzene rings is 1. The Morgan fingerprint density at radius 2 is 2.00 bits per heavy atom. The third-order valence-electron chi connectivity index (χ3n) is 3.03. The van der Waals surface area contributed by atoms with E-state index in [0.717, 1.165) is 12.1 Å². The molecule has 0 aliphatic rings. The molecule has 0 unspecified atom stereocenters. The molecule has 0 aliphatic heterocycles. The average molecular weight is 359 g/mol. The zero-order valence-corrected chi connectivity index (χ0v) is 14.3. The first-order valence-electron chi connectivity index (χ1n) is 7.00. The van der Waals surface area contributed by atoms with Crippen molar-refractivity contribution >= 4 is 29.9 Å². The molecule has 8 heteroatoms. The van der Waals surface area contributed by atoms with E-state index in [2.05, 4.69) is 20.8 Å². The summed E-state index contributed by atoms with van der Waals surface area (Å²) in [6.07, 6.45) is 0. The summed E-state index contributed by atoms with van der Waals surface area (Å²) in [5.41, 5.74) is 2.04. The molecule has 0 aliphatic carbocycles. The molecule has 6 nitrogen and oxygen atoms in total. The largest absolute Gasteiger partial charge is 0.383 e. The number of aromatic amines is 1. The van der Waals surface area contributed by atoms with E-state index in [9.17, 15) is 4.79 Å². The van der Waals surface area contributed by atoms with Gasteiger partial charge in [-0.15, -0.1) is 12.4 Å². The molecule has 0 fully saturated rings. The Labute approximate surface area is 146 Å². The number of rotatable bonds is 8. The van der Waals surface area contributed by atoms with Crippen molar-refractivity contribution < 1.29 is 9.53 Å². The number of aromatic nitrogens is 2. The topological polar surface area (TPSA) is 79.0 Å². The van der Waals surface area contributed by atoms with Crippen LogP contribution in [0.4, 0.5) is 0 Å². The highest BCUT2D eigenvalue weighted by molar-refractivity contribution is 6.30.